The number of aryl methyl sites for hydroxylation is 1. The molecular formula is C15H17F3N2O. The molecule has 0 saturated carbocycles. The van der Waals surface area contributed by atoms with E-state index in [2.05, 4.69) is 9.72 Å². The average molecular weight is 298 g/mol. The summed E-state index contributed by atoms with van der Waals surface area (Å²) in [6.45, 7) is 5.57. The second-order valence-corrected chi connectivity index (χ2v) is 5.81. The zero-order chi connectivity index (χ0) is 15.8. The summed E-state index contributed by atoms with van der Waals surface area (Å²) in [6, 6.07) is 5.99. The van der Waals surface area contributed by atoms with Crippen LogP contribution in [0.5, 0.6) is 5.75 Å². The van der Waals surface area contributed by atoms with Crippen LogP contribution in [0.4, 0.5) is 13.2 Å². The van der Waals surface area contributed by atoms with E-state index in [4.69, 9.17) is 5.73 Å². The molecule has 0 aliphatic rings. The van der Waals surface area contributed by atoms with Crippen molar-refractivity contribution in [3.63, 3.8) is 0 Å². The smallest absolute Gasteiger partial charge is 0.406 e. The maximum absolute atomic E-state index is 12.3. The van der Waals surface area contributed by atoms with E-state index in [9.17, 15) is 13.2 Å². The highest BCUT2D eigenvalue weighted by molar-refractivity contribution is 5.84. The standard InChI is InChI=1S/C15H17F3N2O/c1-9-6-10(8-14(2,3)19)12-7-11(21-15(16,17)18)4-5-13(12)20-9/h4-7H,8,19H2,1-3H3. The van der Waals surface area contributed by atoms with Crippen molar-refractivity contribution in [2.75, 3.05) is 0 Å². The lowest BCUT2D eigenvalue weighted by Crippen LogP contribution is -2.34. The molecule has 114 valence electrons. The molecule has 3 nitrogen and oxygen atoms in total. The van der Waals surface area contributed by atoms with Crippen LogP contribution < -0.4 is 10.5 Å². The quantitative estimate of drug-likeness (QED) is 0.939. The second-order valence-electron chi connectivity index (χ2n) is 5.81. The minimum atomic E-state index is -4.71. The number of aromatic nitrogens is 1. The molecule has 0 atom stereocenters. The third-order valence-electron chi connectivity index (χ3n) is 2.87. The molecule has 0 amide bonds. The number of halogens is 3. The molecule has 2 N–H and O–H groups in total. The van der Waals surface area contributed by atoms with E-state index in [1.807, 2.05) is 26.8 Å². The monoisotopic (exact) mass is 298 g/mol. The molecule has 0 aliphatic carbocycles. The van der Waals surface area contributed by atoms with Gasteiger partial charge in [0.05, 0.1) is 5.52 Å². The van der Waals surface area contributed by atoms with Crippen molar-refractivity contribution < 1.29 is 17.9 Å². The van der Waals surface area contributed by atoms with Crippen molar-refractivity contribution in [1.82, 2.24) is 4.98 Å². The number of rotatable bonds is 3. The molecule has 0 fully saturated rings. The number of hydrogen-bond donors (Lipinski definition) is 1. The Morgan fingerprint density at radius 3 is 2.43 bits per heavy atom. The number of alkyl halides is 3. The minimum absolute atomic E-state index is 0.253. The molecule has 0 unspecified atom stereocenters. The van der Waals surface area contributed by atoms with E-state index in [-0.39, 0.29) is 5.75 Å². The average Bonchev–Trinajstić information content (AvgIpc) is 2.25. The highest BCUT2D eigenvalue weighted by atomic mass is 19.4. The van der Waals surface area contributed by atoms with E-state index in [1.54, 1.807) is 0 Å². The van der Waals surface area contributed by atoms with Crippen LogP contribution in [0.3, 0.4) is 0 Å². The second kappa shape index (κ2) is 5.18. The van der Waals surface area contributed by atoms with Crippen molar-refractivity contribution in [3.8, 4) is 5.75 Å². The summed E-state index contributed by atoms with van der Waals surface area (Å²) >= 11 is 0. The van der Waals surface area contributed by atoms with E-state index < -0.39 is 11.9 Å². The van der Waals surface area contributed by atoms with Crippen LogP contribution in [0, 0.1) is 6.92 Å². The van der Waals surface area contributed by atoms with Gasteiger partial charge in [-0.25, -0.2) is 0 Å². The molecule has 1 aromatic heterocycles. The lowest BCUT2D eigenvalue weighted by atomic mass is 9.93. The summed E-state index contributed by atoms with van der Waals surface area (Å²) < 4.78 is 40.9. The van der Waals surface area contributed by atoms with E-state index in [1.165, 1.54) is 18.2 Å². The molecule has 0 aliphatic heterocycles. The molecule has 1 aromatic carbocycles. The third-order valence-corrected chi connectivity index (χ3v) is 2.87. The molecule has 21 heavy (non-hydrogen) atoms. The Hall–Kier alpha value is -1.82. The third kappa shape index (κ3) is 4.32. The van der Waals surface area contributed by atoms with Gasteiger partial charge in [-0.3, -0.25) is 4.98 Å². The minimum Gasteiger partial charge on any atom is -0.406 e. The van der Waals surface area contributed by atoms with E-state index >= 15 is 0 Å². The molecule has 0 saturated heterocycles. The van der Waals surface area contributed by atoms with Gasteiger partial charge in [0, 0.05) is 16.6 Å². The fourth-order valence-electron chi connectivity index (χ4n) is 2.26. The van der Waals surface area contributed by atoms with Crippen molar-refractivity contribution in [3.05, 3.63) is 35.5 Å². The van der Waals surface area contributed by atoms with Gasteiger partial charge < -0.3 is 10.5 Å². The Morgan fingerprint density at radius 2 is 1.86 bits per heavy atom. The number of pyridine rings is 1. The fourth-order valence-corrected chi connectivity index (χ4v) is 2.26. The van der Waals surface area contributed by atoms with Gasteiger partial charge in [0.2, 0.25) is 0 Å². The van der Waals surface area contributed by atoms with Gasteiger partial charge >= 0.3 is 6.36 Å². The zero-order valence-electron chi connectivity index (χ0n) is 12.1. The molecule has 0 radical (unpaired) electrons. The lowest BCUT2D eigenvalue weighted by Gasteiger charge is -2.20. The predicted octanol–water partition coefficient (Wildman–Crippen LogP) is 3.72. The maximum Gasteiger partial charge on any atom is 0.573 e. The first-order valence-electron chi connectivity index (χ1n) is 6.48. The van der Waals surface area contributed by atoms with E-state index in [0.717, 1.165) is 11.3 Å². The van der Waals surface area contributed by atoms with Crippen LogP contribution >= 0.6 is 0 Å². The first kappa shape index (κ1) is 15.6. The van der Waals surface area contributed by atoms with Crippen LogP contribution in [0.25, 0.3) is 10.9 Å². The topological polar surface area (TPSA) is 48.1 Å². The summed E-state index contributed by atoms with van der Waals surface area (Å²) in [7, 11) is 0. The van der Waals surface area contributed by atoms with E-state index in [0.29, 0.717) is 17.3 Å². The van der Waals surface area contributed by atoms with Gasteiger partial charge in [-0.05, 0) is 57.0 Å². The Bertz CT molecular complexity index is 660. The Labute approximate surface area is 120 Å². The number of nitrogens with zero attached hydrogens (tertiary/aromatic N) is 1. The summed E-state index contributed by atoms with van der Waals surface area (Å²) in [5.41, 5.74) is 7.83. The first-order chi connectivity index (χ1) is 9.53. The Balaban J connectivity index is 2.53. The van der Waals surface area contributed by atoms with Gasteiger partial charge in [0.1, 0.15) is 5.75 Å². The molecule has 0 bridgehead atoms. The number of benzene rings is 1. The van der Waals surface area contributed by atoms with Crippen molar-refractivity contribution in [1.29, 1.82) is 0 Å². The fraction of sp³-hybridized carbons (Fsp3) is 0.400. The van der Waals surface area contributed by atoms with Crippen LogP contribution in [0.2, 0.25) is 0 Å². The first-order valence-corrected chi connectivity index (χ1v) is 6.48. The summed E-state index contributed by atoms with van der Waals surface area (Å²) in [6.07, 6.45) is -4.18. The zero-order valence-corrected chi connectivity index (χ0v) is 12.1. The lowest BCUT2D eigenvalue weighted by molar-refractivity contribution is -0.274. The number of ether oxygens (including phenoxy) is 1. The van der Waals surface area contributed by atoms with Crippen LogP contribution in [0.1, 0.15) is 25.1 Å². The van der Waals surface area contributed by atoms with Gasteiger partial charge in [-0.1, -0.05) is 0 Å². The number of nitrogens with two attached hydrogens (primary N) is 1. The highest BCUT2D eigenvalue weighted by Crippen LogP contribution is 2.29. The van der Waals surface area contributed by atoms with Crippen molar-refractivity contribution >= 4 is 10.9 Å². The predicted molar refractivity (Wildman–Crippen MR) is 75.1 cm³/mol. The van der Waals surface area contributed by atoms with Crippen LogP contribution in [0.15, 0.2) is 24.3 Å². The van der Waals surface area contributed by atoms with Crippen molar-refractivity contribution in [2.45, 2.75) is 39.1 Å². The molecule has 6 heteroatoms. The summed E-state index contributed by atoms with van der Waals surface area (Å²) in [5.74, 6) is -0.253. The molecule has 2 rings (SSSR count). The number of hydrogen-bond acceptors (Lipinski definition) is 3. The largest absolute Gasteiger partial charge is 0.573 e. The van der Waals surface area contributed by atoms with Crippen LogP contribution in [-0.2, 0) is 6.42 Å². The molecule has 2 aromatic rings. The Morgan fingerprint density at radius 1 is 1.19 bits per heavy atom. The number of fused-ring (bicyclic) bond motifs is 1. The molecule has 0 spiro atoms. The normalized spacial score (nSPS) is 12.7. The van der Waals surface area contributed by atoms with Gasteiger partial charge in [-0.15, -0.1) is 13.2 Å². The highest BCUT2D eigenvalue weighted by Gasteiger charge is 2.31. The summed E-state index contributed by atoms with van der Waals surface area (Å²) in [4.78, 5) is 4.33. The summed E-state index contributed by atoms with van der Waals surface area (Å²) in [5, 5.41) is 0.626. The van der Waals surface area contributed by atoms with Crippen molar-refractivity contribution in [2.24, 2.45) is 5.73 Å². The van der Waals surface area contributed by atoms with Gasteiger partial charge in [0.15, 0.2) is 0 Å². The Kier molecular flexibility index (Phi) is 3.84. The van der Waals surface area contributed by atoms with Crippen LogP contribution in [-0.4, -0.2) is 16.9 Å². The van der Waals surface area contributed by atoms with Gasteiger partial charge in [-0.2, -0.15) is 0 Å². The molecular weight excluding hydrogens is 281 g/mol. The van der Waals surface area contributed by atoms with Gasteiger partial charge in [0.25, 0.3) is 0 Å². The molecule has 1 heterocycles. The SMILES string of the molecule is Cc1cc(CC(C)(C)N)c2cc(OC(F)(F)F)ccc2n1. The maximum atomic E-state index is 12.3.